The van der Waals surface area contributed by atoms with Crippen molar-refractivity contribution in [2.45, 2.75) is 19.4 Å². The first-order valence-corrected chi connectivity index (χ1v) is 8.37. The summed E-state index contributed by atoms with van der Waals surface area (Å²) in [4.78, 5) is 14.5. The maximum atomic E-state index is 12.9. The number of carbonyl (C=O) groups excluding carboxylic acids is 1. The highest BCUT2D eigenvalue weighted by atomic mass is 35.5. The second-order valence-electron chi connectivity index (χ2n) is 6.18. The molecule has 1 amide bonds. The monoisotopic (exact) mass is 348 g/mol. The van der Waals surface area contributed by atoms with E-state index in [9.17, 15) is 9.90 Å². The van der Waals surface area contributed by atoms with Crippen LogP contribution in [-0.4, -0.2) is 46.8 Å². The van der Waals surface area contributed by atoms with Crippen molar-refractivity contribution in [1.29, 1.82) is 0 Å². The summed E-state index contributed by atoms with van der Waals surface area (Å²) in [7, 11) is 1.53. The number of hydrogen-bond donors (Lipinski definition) is 1. The van der Waals surface area contributed by atoms with E-state index < -0.39 is 6.10 Å². The highest BCUT2D eigenvalue weighted by Gasteiger charge is 2.29. The molecule has 5 nitrogen and oxygen atoms in total. The Bertz CT molecular complexity index is 730. The van der Waals surface area contributed by atoms with E-state index in [1.165, 1.54) is 7.11 Å². The molecule has 1 fully saturated rings. The summed E-state index contributed by atoms with van der Waals surface area (Å²) in [5.41, 5.74) is 1.17. The van der Waals surface area contributed by atoms with E-state index in [0.29, 0.717) is 29.4 Å². The van der Waals surface area contributed by atoms with Crippen LogP contribution in [-0.2, 0) is 0 Å². The number of amides is 1. The van der Waals surface area contributed by atoms with Crippen LogP contribution in [0.5, 0.6) is 5.75 Å². The van der Waals surface area contributed by atoms with Gasteiger partial charge in [-0.15, -0.1) is 0 Å². The van der Waals surface area contributed by atoms with Gasteiger partial charge in [0.05, 0.1) is 29.5 Å². The average molecular weight is 349 g/mol. The molecule has 1 aromatic heterocycles. The third-order valence-electron chi connectivity index (χ3n) is 4.59. The topological polar surface area (TPSA) is 54.7 Å². The number of carbonyl (C=O) groups is 1. The van der Waals surface area contributed by atoms with Crippen molar-refractivity contribution in [3.05, 3.63) is 47.2 Å². The van der Waals surface area contributed by atoms with Crippen LogP contribution in [0.15, 0.2) is 36.7 Å². The number of β-amino-alcohol motifs (C(OH)–C–C–N with tert-alkyl or cyclic N) is 1. The van der Waals surface area contributed by atoms with Crippen molar-refractivity contribution >= 4 is 17.5 Å². The van der Waals surface area contributed by atoms with Crippen molar-refractivity contribution in [1.82, 2.24) is 9.47 Å². The number of methoxy groups -OCH3 is 1. The number of rotatable bonds is 3. The second-order valence-corrected chi connectivity index (χ2v) is 6.59. The maximum Gasteiger partial charge on any atom is 0.257 e. The van der Waals surface area contributed by atoms with Crippen LogP contribution in [0.4, 0.5) is 0 Å². The molecular formula is C18H21ClN2O3. The summed E-state index contributed by atoms with van der Waals surface area (Å²) in [5, 5.41) is 10.5. The second kappa shape index (κ2) is 6.87. The number of aliphatic hydroxyl groups is 1. The van der Waals surface area contributed by atoms with Crippen molar-refractivity contribution in [2.75, 3.05) is 20.2 Å². The normalized spacial score (nSPS) is 20.9. The van der Waals surface area contributed by atoms with Crippen LogP contribution in [0.2, 0.25) is 5.02 Å². The van der Waals surface area contributed by atoms with Gasteiger partial charge in [0.1, 0.15) is 5.75 Å². The summed E-state index contributed by atoms with van der Waals surface area (Å²) in [6.07, 6.45) is 4.04. The van der Waals surface area contributed by atoms with Gasteiger partial charge in [0.15, 0.2) is 0 Å². The van der Waals surface area contributed by atoms with Crippen LogP contribution >= 0.6 is 11.6 Å². The fourth-order valence-corrected chi connectivity index (χ4v) is 3.24. The Morgan fingerprint density at radius 1 is 1.33 bits per heavy atom. The molecule has 2 unspecified atom stereocenters. The predicted molar refractivity (Wildman–Crippen MR) is 93.0 cm³/mol. The number of halogens is 1. The van der Waals surface area contributed by atoms with Gasteiger partial charge in [0, 0.05) is 31.5 Å². The van der Waals surface area contributed by atoms with Crippen molar-refractivity contribution in [2.24, 2.45) is 5.92 Å². The molecule has 1 aliphatic heterocycles. The Morgan fingerprint density at radius 2 is 2.04 bits per heavy atom. The largest absolute Gasteiger partial charge is 0.496 e. The molecule has 2 heterocycles. The molecule has 1 aromatic carbocycles. The minimum absolute atomic E-state index is 0.168. The third kappa shape index (κ3) is 3.14. The number of hydrogen-bond acceptors (Lipinski definition) is 3. The van der Waals surface area contributed by atoms with Crippen LogP contribution in [0, 0.1) is 5.92 Å². The lowest BCUT2D eigenvalue weighted by molar-refractivity contribution is 0.0247. The smallest absolute Gasteiger partial charge is 0.257 e. The fraction of sp³-hybridized carbons (Fsp3) is 0.389. The number of ether oxygens (including phenoxy) is 1. The van der Waals surface area contributed by atoms with Gasteiger partial charge >= 0.3 is 0 Å². The average Bonchev–Trinajstić information content (AvgIpc) is 3.10. The molecule has 3 rings (SSSR count). The lowest BCUT2D eigenvalue weighted by Gasteiger charge is -2.34. The van der Waals surface area contributed by atoms with Gasteiger partial charge in [-0.05, 0) is 30.5 Å². The van der Waals surface area contributed by atoms with Crippen molar-refractivity contribution < 1.29 is 14.6 Å². The SMILES string of the molecule is COc1cc(-n2cccc2)c(Cl)cc1C(=O)N1CCC(C)C(O)C1. The zero-order valence-corrected chi connectivity index (χ0v) is 14.5. The highest BCUT2D eigenvalue weighted by molar-refractivity contribution is 6.33. The molecule has 1 saturated heterocycles. The summed E-state index contributed by atoms with van der Waals surface area (Å²) >= 11 is 6.39. The van der Waals surface area contributed by atoms with Crippen LogP contribution in [0.25, 0.3) is 5.69 Å². The Morgan fingerprint density at radius 3 is 2.67 bits per heavy atom. The van der Waals surface area contributed by atoms with Gasteiger partial charge in [0.2, 0.25) is 0 Å². The van der Waals surface area contributed by atoms with E-state index in [0.717, 1.165) is 12.1 Å². The quantitative estimate of drug-likeness (QED) is 0.927. The number of aromatic nitrogens is 1. The molecule has 128 valence electrons. The molecule has 0 saturated carbocycles. The maximum absolute atomic E-state index is 12.9. The lowest BCUT2D eigenvalue weighted by atomic mass is 9.95. The van der Waals surface area contributed by atoms with Crippen molar-refractivity contribution in [3.63, 3.8) is 0 Å². The number of aliphatic hydroxyl groups excluding tert-OH is 1. The molecule has 0 aliphatic carbocycles. The van der Waals surface area contributed by atoms with Gasteiger partial charge in [-0.3, -0.25) is 4.79 Å². The Hall–Kier alpha value is -1.98. The molecule has 0 radical (unpaired) electrons. The van der Waals surface area contributed by atoms with Gasteiger partial charge < -0.3 is 19.3 Å². The van der Waals surface area contributed by atoms with E-state index in [1.807, 2.05) is 36.0 Å². The first-order chi connectivity index (χ1) is 11.5. The Balaban J connectivity index is 1.93. The highest BCUT2D eigenvalue weighted by Crippen LogP contribution is 2.31. The Labute approximate surface area is 146 Å². The summed E-state index contributed by atoms with van der Waals surface area (Å²) in [6.45, 7) is 2.95. The van der Waals surface area contributed by atoms with E-state index in [1.54, 1.807) is 17.0 Å². The molecule has 2 aromatic rings. The number of benzene rings is 1. The molecule has 1 N–H and O–H groups in total. The first-order valence-electron chi connectivity index (χ1n) is 7.99. The number of nitrogens with zero attached hydrogens (tertiary/aromatic N) is 2. The van der Waals surface area contributed by atoms with Gasteiger partial charge in [-0.2, -0.15) is 0 Å². The van der Waals surface area contributed by atoms with E-state index in [-0.39, 0.29) is 11.8 Å². The van der Waals surface area contributed by atoms with Crippen LogP contribution < -0.4 is 4.74 Å². The van der Waals surface area contributed by atoms with Gasteiger partial charge in [-0.25, -0.2) is 0 Å². The fourth-order valence-electron chi connectivity index (χ4n) is 2.98. The first kappa shape index (κ1) is 16.9. The van der Waals surface area contributed by atoms with Crippen LogP contribution in [0.1, 0.15) is 23.7 Å². The van der Waals surface area contributed by atoms with E-state index >= 15 is 0 Å². The van der Waals surface area contributed by atoms with Crippen molar-refractivity contribution in [3.8, 4) is 11.4 Å². The number of piperidine rings is 1. The molecule has 0 spiro atoms. The standard InChI is InChI=1S/C18H21ClN2O3/c1-12-5-8-21(11-16(12)22)18(23)13-9-14(19)15(10-17(13)24-2)20-6-3-4-7-20/h3-4,6-7,9-10,12,16,22H,5,8,11H2,1-2H3. The molecule has 0 bridgehead atoms. The summed E-state index contributed by atoms with van der Waals surface area (Å²) in [6, 6.07) is 7.21. The minimum Gasteiger partial charge on any atom is -0.496 e. The predicted octanol–water partition coefficient (Wildman–Crippen LogP) is 2.98. The number of likely N-dealkylation sites (tertiary alicyclic amines) is 1. The molecule has 24 heavy (non-hydrogen) atoms. The summed E-state index contributed by atoms with van der Waals surface area (Å²) < 4.78 is 7.28. The van der Waals surface area contributed by atoms with Gasteiger partial charge in [-0.1, -0.05) is 18.5 Å². The molecular weight excluding hydrogens is 328 g/mol. The van der Waals surface area contributed by atoms with Crippen LogP contribution in [0.3, 0.4) is 0 Å². The van der Waals surface area contributed by atoms with Gasteiger partial charge in [0.25, 0.3) is 5.91 Å². The lowest BCUT2D eigenvalue weighted by Crippen LogP contribution is -2.45. The zero-order valence-electron chi connectivity index (χ0n) is 13.8. The molecule has 2 atom stereocenters. The van der Waals surface area contributed by atoms with E-state index in [2.05, 4.69) is 0 Å². The minimum atomic E-state index is -0.497. The molecule has 1 aliphatic rings. The zero-order chi connectivity index (χ0) is 17.3. The Kier molecular flexibility index (Phi) is 4.83. The molecule has 6 heteroatoms. The third-order valence-corrected chi connectivity index (χ3v) is 4.89. The summed E-state index contributed by atoms with van der Waals surface area (Å²) in [5.74, 6) is 0.510. The van der Waals surface area contributed by atoms with E-state index in [4.69, 9.17) is 16.3 Å².